The van der Waals surface area contributed by atoms with Gasteiger partial charge in [0, 0.05) is 24.4 Å². The molecule has 4 unspecified atom stereocenters. The molecule has 1 saturated heterocycles. The third-order valence-corrected chi connectivity index (χ3v) is 3.46. The Balaban J connectivity index is 2.01. The van der Waals surface area contributed by atoms with Gasteiger partial charge < -0.3 is 10.4 Å². The molecule has 0 spiro atoms. The van der Waals surface area contributed by atoms with Gasteiger partial charge in [0.05, 0.1) is 0 Å². The largest absolute Gasteiger partial charge is 0.481 e. The third kappa shape index (κ3) is 2.12. The molecule has 4 atom stereocenters. The number of hydrogen-bond acceptors (Lipinski definition) is 2. The average molecular weight is 207 g/mol. The highest BCUT2D eigenvalue weighted by molar-refractivity contribution is 5.66. The van der Waals surface area contributed by atoms with Gasteiger partial charge in [-0.2, -0.15) is 0 Å². The Kier molecular flexibility index (Phi) is 2.91. The van der Waals surface area contributed by atoms with Crippen molar-refractivity contribution in [1.82, 2.24) is 5.32 Å². The Morgan fingerprint density at radius 3 is 2.87 bits per heavy atom. The molecule has 2 N–H and O–H groups in total. The second-order valence-electron chi connectivity index (χ2n) is 4.42. The number of rotatable bonds is 3. The van der Waals surface area contributed by atoms with Gasteiger partial charge in [-0.05, 0) is 19.3 Å². The molecule has 1 aliphatic carbocycles. The van der Waals surface area contributed by atoms with Crippen molar-refractivity contribution < 1.29 is 9.90 Å². The molecule has 2 aliphatic rings. The van der Waals surface area contributed by atoms with Crippen molar-refractivity contribution in [2.24, 2.45) is 11.8 Å². The van der Waals surface area contributed by atoms with Crippen LogP contribution in [-0.4, -0.2) is 23.2 Å². The molecule has 0 radical (unpaired) electrons. The highest BCUT2D eigenvalue weighted by Crippen LogP contribution is 2.34. The Morgan fingerprint density at radius 2 is 2.13 bits per heavy atom. The monoisotopic (exact) mass is 207 g/mol. The molecule has 0 aromatic rings. The molecular weight excluding hydrogens is 190 g/mol. The summed E-state index contributed by atoms with van der Waals surface area (Å²) in [5.74, 6) is 0.234. The van der Waals surface area contributed by atoms with Crippen LogP contribution in [-0.2, 0) is 4.79 Å². The average Bonchev–Trinajstić information content (AvgIpc) is 2.50. The number of allylic oxidation sites excluding steroid dienone is 2. The van der Waals surface area contributed by atoms with Gasteiger partial charge in [0.15, 0.2) is 0 Å². The zero-order valence-electron chi connectivity index (χ0n) is 8.89. The molecule has 0 aromatic carbocycles. The van der Waals surface area contributed by atoms with Crippen LogP contribution in [0.1, 0.15) is 19.8 Å². The first kappa shape index (κ1) is 10.4. The quantitative estimate of drug-likeness (QED) is 0.738. The minimum atomic E-state index is -0.694. The molecule has 0 saturated carbocycles. The van der Waals surface area contributed by atoms with Crippen molar-refractivity contribution >= 4 is 5.97 Å². The maximum absolute atomic E-state index is 10.6. The van der Waals surface area contributed by atoms with E-state index in [0.717, 1.165) is 6.42 Å². The number of hydrogen-bond donors (Lipinski definition) is 2. The van der Waals surface area contributed by atoms with Crippen LogP contribution in [0.25, 0.3) is 0 Å². The first-order chi connectivity index (χ1) is 7.18. The van der Waals surface area contributed by atoms with E-state index in [4.69, 9.17) is 5.11 Å². The van der Waals surface area contributed by atoms with E-state index in [1.165, 1.54) is 0 Å². The molecule has 3 heteroatoms. The van der Waals surface area contributed by atoms with Crippen LogP contribution in [0.5, 0.6) is 0 Å². The summed E-state index contributed by atoms with van der Waals surface area (Å²) in [6.45, 7) is 2.15. The molecule has 0 amide bonds. The zero-order chi connectivity index (χ0) is 10.8. The van der Waals surface area contributed by atoms with E-state index in [2.05, 4.69) is 36.5 Å². The molecule has 0 aromatic heterocycles. The Bertz CT molecular complexity index is 309. The van der Waals surface area contributed by atoms with Gasteiger partial charge in [-0.3, -0.25) is 4.79 Å². The van der Waals surface area contributed by atoms with Crippen LogP contribution in [0.15, 0.2) is 24.3 Å². The van der Waals surface area contributed by atoms with Gasteiger partial charge in [-0.15, -0.1) is 0 Å². The normalized spacial score (nSPS) is 37.9. The summed E-state index contributed by atoms with van der Waals surface area (Å²) < 4.78 is 0. The van der Waals surface area contributed by atoms with Gasteiger partial charge in [-0.25, -0.2) is 0 Å². The van der Waals surface area contributed by atoms with Gasteiger partial charge >= 0.3 is 5.97 Å². The summed E-state index contributed by atoms with van der Waals surface area (Å²) in [6.07, 6.45) is 9.53. The fourth-order valence-corrected chi connectivity index (χ4v) is 2.69. The Labute approximate surface area is 89.9 Å². The topological polar surface area (TPSA) is 49.3 Å². The van der Waals surface area contributed by atoms with Crippen molar-refractivity contribution in [3.63, 3.8) is 0 Å². The maximum atomic E-state index is 10.6. The van der Waals surface area contributed by atoms with Crippen molar-refractivity contribution in [1.29, 1.82) is 0 Å². The second-order valence-corrected chi connectivity index (χ2v) is 4.42. The smallest absolute Gasteiger partial charge is 0.303 e. The maximum Gasteiger partial charge on any atom is 0.303 e. The minimum Gasteiger partial charge on any atom is -0.481 e. The highest BCUT2D eigenvalue weighted by atomic mass is 16.4. The van der Waals surface area contributed by atoms with Crippen LogP contribution in [0.2, 0.25) is 0 Å². The van der Waals surface area contributed by atoms with E-state index in [-0.39, 0.29) is 6.42 Å². The highest BCUT2D eigenvalue weighted by Gasteiger charge is 2.38. The molecule has 2 rings (SSSR count). The fraction of sp³-hybridized carbons (Fsp3) is 0.583. The summed E-state index contributed by atoms with van der Waals surface area (Å²) in [5.41, 5.74) is 0. The third-order valence-electron chi connectivity index (χ3n) is 3.46. The standard InChI is InChI=1S/C12H17NO2/c1-8-9(6-7-12(14)15)10-4-2-3-5-11(10)13-8/h2-5,8-11,13H,6-7H2,1H3,(H,14,15). The van der Waals surface area contributed by atoms with E-state index in [0.29, 0.717) is 23.9 Å². The van der Waals surface area contributed by atoms with Crippen LogP contribution in [0, 0.1) is 11.8 Å². The SMILES string of the molecule is CC1NC2C=CC=CC2C1CCC(=O)O. The summed E-state index contributed by atoms with van der Waals surface area (Å²) in [5, 5.41) is 12.2. The number of aliphatic carboxylic acids is 1. The predicted octanol–water partition coefficient (Wildman–Crippen LogP) is 1.57. The lowest BCUT2D eigenvalue weighted by Crippen LogP contribution is -2.28. The number of nitrogens with one attached hydrogen (secondary N) is 1. The van der Waals surface area contributed by atoms with Crippen LogP contribution in [0.3, 0.4) is 0 Å². The minimum absolute atomic E-state index is 0.275. The van der Waals surface area contributed by atoms with E-state index < -0.39 is 5.97 Å². The molecule has 1 fully saturated rings. The molecule has 1 heterocycles. The molecule has 82 valence electrons. The van der Waals surface area contributed by atoms with Gasteiger partial charge in [0.1, 0.15) is 0 Å². The van der Waals surface area contributed by atoms with Crippen molar-refractivity contribution in [3.8, 4) is 0 Å². The van der Waals surface area contributed by atoms with E-state index in [1.54, 1.807) is 0 Å². The Hall–Kier alpha value is -1.09. The lowest BCUT2D eigenvalue weighted by atomic mass is 9.82. The first-order valence-electron chi connectivity index (χ1n) is 5.51. The summed E-state index contributed by atoms with van der Waals surface area (Å²) in [7, 11) is 0. The summed E-state index contributed by atoms with van der Waals surface area (Å²) >= 11 is 0. The van der Waals surface area contributed by atoms with E-state index >= 15 is 0 Å². The summed E-state index contributed by atoms with van der Waals surface area (Å²) in [4.78, 5) is 10.6. The number of carboxylic acids is 1. The van der Waals surface area contributed by atoms with Crippen LogP contribution >= 0.6 is 0 Å². The lowest BCUT2D eigenvalue weighted by molar-refractivity contribution is -0.137. The van der Waals surface area contributed by atoms with Crippen molar-refractivity contribution in [3.05, 3.63) is 24.3 Å². The first-order valence-corrected chi connectivity index (χ1v) is 5.51. The van der Waals surface area contributed by atoms with Crippen molar-refractivity contribution in [2.45, 2.75) is 31.8 Å². The number of carboxylic acid groups (broad SMARTS) is 1. The van der Waals surface area contributed by atoms with E-state index in [9.17, 15) is 4.79 Å². The Morgan fingerprint density at radius 1 is 1.40 bits per heavy atom. The van der Waals surface area contributed by atoms with Gasteiger partial charge in [0.2, 0.25) is 0 Å². The molecule has 3 nitrogen and oxygen atoms in total. The number of fused-ring (bicyclic) bond motifs is 1. The fourth-order valence-electron chi connectivity index (χ4n) is 2.69. The molecule has 1 aliphatic heterocycles. The molecule has 15 heavy (non-hydrogen) atoms. The van der Waals surface area contributed by atoms with Crippen molar-refractivity contribution in [2.75, 3.05) is 0 Å². The van der Waals surface area contributed by atoms with Gasteiger partial charge in [-0.1, -0.05) is 24.3 Å². The molecular formula is C12H17NO2. The zero-order valence-corrected chi connectivity index (χ0v) is 8.89. The lowest BCUT2D eigenvalue weighted by Gasteiger charge is -2.21. The van der Waals surface area contributed by atoms with Crippen LogP contribution in [0.4, 0.5) is 0 Å². The predicted molar refractivity (Wildman–Crippen MR) is 58.5 cm³/mol. The summed E-state index contributed by atoms with van der Waals surface area (Å²) in [6, 6.07) is 0.815. The number of carbonyl (C=O) groups is 1. The molecule has 0 bridgehead atoms. The van der Waals surface area contributed by atoms with Gasteiger partial charge in [0.25, 0.3) is 0 Å². The van der Waals surface area contributed by atoms with Crippen LogP contribution < -0.4 is 5.32 Å². The van der Waals surface area contributed by atoms with E-state index in [1.807, 2.05) is 0 Å². The second kappa shape index (κ2) is 4.19.